The molecular weight excluding hydrogens is 243 g/mol. The smallest absolute Gasteiger partial charge is 0.383 e. The first-order valence-corrected chi connectivity index (χ1v) is 5.28. The maximum absolute atomic E-state index is 12.5. The normalized spacial score (nSPS) is 12.4. The topological polar surface area (TPSA) is 20.3 Å². The molecule has 0 unspecified atom stereocenters. The van der Waals surface area contributed by atoms with Crippen molar-refractivity contribution in [1.82, 2.24) is 4.90 Å². The lowest BCUT2D eigenvalue weighted by molar-refractivity contribution is -0.137. The number of rotatable bonds is 3. The molecule has 0 spiro atoms. The van der Waals surface area contributed by atoms with Crippen molar-refractivity contribution in [3.05, 3.63) is 47.2 Å². The zero-order valence-corrected chi connectivity index (χ0v) is 10.4. The van der Waals surface area contributed by atoms with Crippen LogP contribution >= 0.6 is 0 Å². The number of Topliss-reactive ketones (excluding diaryl/α,β-unsaturated/α-hetero) is 1. The summed E-state index contributed by atoms with van der Waals surface area (Å²) < 4.78 is 37.5. The summed E-state index contributed by atoms with van der Waals surface area (Å²) in [6.45, 7) is 1.57. The molecule has 0 N–H and O–H groups in total. The molecule has 0 saturated carbocycles. The van der Waals surface area contributed by atoms with Gasteiger partial charge in [-0.1, -0.05) is 12.1 Å². The minimum absolute atomic E-state index is 0.0421. The standard InChI is InChI=1S/C13H14F3NO/c1-9(8-17(2)3)12(18)10-5-4-6-11(7-10)13(14,15)16/h4-8H,1-3H3. The molecule has 0 aliphatic carbocycles. The molecule has 18 heavy (non-hydrogen) atoms. The number of hydrogen-bond donors (Lipinski definition) is 0. The van der Waals surface area contributed by atoms with Gasteiger partial charge in [0.2, 0.25) is 0 Å². The largest absolute Gasteiger partial charge is 0.416 e. The summed E-state index contributed by atoms with van der Waals surface area (Å²) in [5.74, 6) is -0.408. The number of alkyl halides is 3. The van der Waals surface area contributed by atoms with Crippen molar-refractivity contribution in [2.24, 2.45) is 0 Å². The van der Waals surface area contributed by atoms with Gasteiger partial charge >= 0.3 is 6.18 Å². The highest BCUT2D eigenvalue weighted by molar-refractivity contribution is 6.08. The van der Waals surface area contributed by atoms with Crippen molar-refractivity contribution < 1.29 is 18.0 Å². The van der Waals surface area contributed by atoms with Crippen LogP contribution in [0.3, 0.4) is 0 Å². The quantitative estimate of drug-likeness (QED) is 0.611. The number of halogens is 3. The van der Waals surface area contributed by atoms with Crippen LogP contribution in [0.4, 0.5) is 13.2 Å². The van der Waals surface area contributed by atoms with Gasteiger partial charge in [-0.05, 0) is 19.1 Å². The third-order valence-electron chi connectivity index (χ3n) is 2.26. The fraction of sp³-hybridized carbons (Fsp3) is 0.308. The van der Waals surface area contributed by atoms with Gasteiger partial charge in [0.1, 0.15) is 0 Å². The van der Waals surface area contributed by atoms with Crippen LogP contribution in [0.25, 0.3) is 0 Å². The Kier molecular flexibility index (Phi) is 4.16. The maximum atomic E-state index is 12.5. The van der Waals surface area contributed by atoms with Crippen molar-refractivity contribution in [2.45, 2.75) is 13.1 Å². The number of ketones is 1. The van der Waals surface area contributed by atoms with E-state index in [1.54, 1.807) is 32.1 Å². The molecule has 0 aliphatic rings. The van der Waals surface area contributed by atoms with Crippen LogP contribution in [-0.2, 0) is 6.18 Å². The van der Waals surface area contributed by atoms with Crippen LogP contribution in [0.15, 0.2) is 36.0 Å². The van der Waals surface area contributed by atoms with E-state index in [4.69, 9.17) is 0 Å². The van der Waals surface area contributed by atoms with Gasteiger partial charge in [0.15, 0.2) is 5.78 Å². The highest BCUT2D eigenvalue weighted by Crippen LogP contribution is 2.29. The summed E-state index contributed by atoms with van der Waals surface area (Å²) in [4.78, 5) is 13.6. The second-order valence-electron chi connectivity index (χ2n) is 4.18. The second kappa shape index (κ2) is 5.25. The molecule has 0 saturated heterocycles. The van der Waals surface area contributed by atoms with Gasteiger partial charge in [-0.15, -0.1) is 0 Å². The SMILES string of the molecule is CC(=CN(C)C)C(=O)c1cccc(C(F)(F)F)c1. The summed E-state index contributed by atoms with van der Waals surface area (Å²) in [6, 6.07) is 4.43. The minimum Gasteiger partial charge on any atom is -0.383 e. The van der Waals surface area contributed by atoms with Crippen molar-refractivity contribution in [2.75, 3.05) is 14.1 Å². The fourth-order valence-electron chi connectivity index (χ4n) is 1.51. The zero-order chi connectivity index (χ0) is 13.9. The molecule has 0 atom stereocenters. The highest BCUT2D eigenvalue weighted by atomic mass is 19.4. The first-order valence-electron chi connectivity index (χ1n) is 5.28. The predicted octanol–water partition coefficient (Wildman–Crippen LogP) is 3.35. The summed E-state index contributed by atoms with van der Waals surface area (Å²) in [5, 5.41) is 0. The maximum Gasteiger partial charge on any atom is 0.416 e. The van der Waals surface area contributed by atoms with E-state index in [-0.39, 0.29) is 5.56 Å². The molecule has 0 aliphatic heterocycles. The van der Waals surface area contributed by atoms with Crippen LogP contribution in [0, 0.1) is 0 Å². The zero-order valence-electron chi connectivity index (χ0n) is 10.4. The van der Waals surface area contributed by atoms with E-state index in [0.717, 1.165) is 12.1 Å². The molecule has 98 valence electrons. The van der Waals surface area contributed by atoms with E-state index < -0.39 is 17.5 Å². The average molecular weight is 257 g/mol. The van der Waals surface area contributed by atoms with Crippen LogP contribution < -0.4 is 0 Å². The minimum atomic E-state index is -4.44. The number of benzene rings is 1. The lowest BCUT2D eigenvalue weighted by Crippen LogP contribution is -2.10. The number of allylic oxidation sites excluding steroid dienone is 1. The molecule has 0 fully saturated rings. The third kappa shape index (κ3) is 3.61. The molecule has 0 aromatic heterocycles. The van der Waals surface area contributed by atoms with Gasteiger partial charge in [-0.2, -0.15) is 13.2 Å². The molecular formula is C13H14F3NO. The first kappa shape index (κ1) is 14.3. The van der Waals surface area contributed by atoms with Gasteiger partial charge in [-0.25, -0.2) is 0 Å². The van der Waals surface area contributed by atoms with Gasteiger partial charge in [0.05, 0.1) is 5.56 Å². The van der Waals surface area contributed by atoms with E-state index in [0.29, 0.717) is 5.57 Å². The molecule has 1 aromatic carbocycles. The summed E-state index contributed by atoms with van der Waals surface area (Å²) in [7, 11) is 3.48. The van der Waals surface area contributed by atoms with Gasteiger partial charge < -0.3 is 4.90 Å². The monoisotopic (exact) mass is 257 g/mol. The van der Waals surface area contributed by atoms with Crippen LogP contribution in [0.1, 0.15) is 22.8 Å². The Balaban J connectivity index is 3.08. The first-order chi connectivity index (χ1) is 8.21. The Morgan fingerprint density at radius 2 is 1.89 bits per heavy atom. The van der Waals surface area contributed by atoms with E-state index in [1.807, 2.05) is 0 Å². The van der Waals surface area contributed by atoms with Crippen molar-refractivity contribution >= 4 is 5.78 Å². The third-order valence-corrected chi connectivity index (χ3v) is 2.26. The van der Waals surface area contributed by atoms with E-state index in [9.17, 15) is 18.0 Å². The molecule has 0 bridgehead atoms. The summed E-state index contributed by atoms with van der Waals surface area (Å²) in [5.41, 5.74) is -0.384. The van der Waals surface area contributed by atoms with Crippen molar-refractivity contribution in [3.63, 3.8) is 0 Å². The Bertz CT molecular complexity index is 475. The van der Waals surface area contributed by atoms with Gasteiger partial charge in [-0.3, -0.25) is 4.79 Å². The highest BCUT2D eigenvalue weighted by Gasteiger charge is 2.30. The second-order valence-corrected chi connectivity index (χ2v) is 4.18. The van der Waals surface area contributed by atoms with Crippen LogP contribution in [0.2, 0.25) is 0 Å². The van der Waals surface area contributed by atoms with E-state index >= 15 is 0 Å². The molecule has 2 nitrogen and oxygen atoms in total. The van der Waals surface area contributed by atoms with Crippen LogP contribution in [-0.4, -0.2) is 24.8 Å². The van der Waals surface area contributed by atoms with E-state index in [2.05, 4.69) is 0 Å². The number of hydrogen-bond acceptors (Lipinski definition) is 2. The Morgan fingerprint density at radius 3 is 2.39 bits per heavy atom. The van der Waals surface area contributed by atoms with Gasteiger partial charge in [0.25, 0.3) is 0 Å². The van der Waals surface area contributed by atoms with Crippen molar-refractivity contribution in [1.29, 1.82) is 0 Å². The summed E-state index contributed by atoms with van der Waals surface area (Å²) >= 11 is 0. The molecule has 5 heteroatoms. The lowest BCUT2D eigenvalue weighted by Gasteiger charge is -2.10. The Morgan fingerprint density at radius 1 is 1.28 bits per heavy atom. The molecule has 0 heterocycles. The number of carbonyl (C=O) groups is 1. The fourth-order valence-corrected chi connectivity index (χ4v) is 1.51. The van der Waals surface area contributed by atoms with Crippen LogP contribution in [0.5, 0.6) is 0 Å². The van der Waals surface area contributed by atoms with E-state index in [1.165, 1.54) is 12.1 Å². The van der Waals surface area contributed by atoms with Gasteiger partial charge in [0, 0.05) is 31.4 Å². The number of carbonyl (C=O) groups excluding carboxylic acids is 1. The average Bonchev–Trinajstić information content (AvgIpc) is 2.26. The predicted molar refractivity (Wildman–Crippen MR) is 63.2 cm³/mol. The molecule has 0 amide bonds. The molecule has 1 aromatic rings. The Hall–Kier alpha value is -1.78. The number of nitrogens with zero attached hydrogens (tertiary/aromatic N) is 1. The summed E-state index contributed by atoms with van der Waals surface area (Å²) in [6.07, 6.45) is -2.86. The molecule has 0 radical (unpaired) electrons. The van der Waals surface area contributed by atoms with Crippen molar-refractivity contribution in [3.8, 4) is 0 Å². The Labute approximate surface area is 104 Å². The molecule has 1 rings (SSSR count). The lowest BCUT2D eigenvalue weighted by atomic mass is 10.0.